The van der Waals surface area contributed by atoms with Crippen LogP contribution in [0.2, 0.25) is 0 Å². The van der Waals surface area contributed by atoms with Crippen LogP contribution >= 0.6 is 0 Å². The van der Waals surface area contributed by atoms with Crippen LogP contribution < -0.4 is 5.32 Å². The van der Waals surface area contributed by atoms with Crippen molar-refractivity contribution in [2.24, 2.45) is 17.3 Å². The molecule has 1 aliphatic heterocycles. The van der Waals surface area contributed by atoms with Crippen LogP contribution in [-0.2, 0) is 19.1 Å². The predicted molar refractivity (Wildman–Crippen MR) is 76.1 cm³/mol. The van der Waals surface area contributed by atoms with Gasteiger partial charge in [-0.15, -0.1) is 0 Å². The highest BCUT2D eigenvalue weighted by Crippen LogP contribution is 2.27. The molecule has 0 aromatic heterocycles. The average Bonchev–Trinajstić information content (AvgIpc) is 2.80. The Balaban J connectivity index is 2.48. The maximum Gasteiger partial charge on any atom is 0.319 e. The van der Waals surface area contributed by atoms with Crippen molar-refractivity contribution in [2.75, 3.05) is 26.4 Å². The summed E-state index contributed by atoms with van der Waals surface area (Å²) >= 11 is 0. The lowest BCUT2D eigenvalue weighted by molar-refractivity contribution is -0.156. The van der Waals surface area contributed by atoms with Crippen molar-refractivity contribution >= 4 is 11.9 Å². The molecule has 0 bridgehead atoms. The molecule has 2 unspecified atom stereocenters. The smallest absolute Gasteiger partial charge is 0.319 e. The van der Waals surface area contributed by atoms with Gasteiger partial charge in [0.05, 0.1) is 6.61 Å². The average molecular weight is 285 g/mol. The van der Waals surface area contributed by atoms with Crippen LogP contribution in [0.15, 0.2) is 0 Å². The van der Waals surface area contributed by atoms with Crippen molar-refractivity contribution in [1.29, 1.82) is 0 Å². The second-order valence-electron chi connectivity index (χ2n) is 6.36. The van der Waals surface area contributed by atoms with E-state index < -0.39 is 17.3 Å². The number of esters is 1. The third-order valence-electron chi connectivity index (χ3n) is 3.53. The molecule has 5 nitrogen and oxygen atoms in total. The molecule has 1 rings (SSSR count). The standard InChI is InChI=1S/C15H27NO4/c1-5-20-14(18)12(15(2,3)4)13(17)16-8-6-11-7-9-19-10-11/h11-12H,5-10H2,1-4H3,(H,16,17). The topological polar surface area (TPSA) is 64.6 Å². The van der Waals surface area contributed by atoms with E-state index in [4.69, 9.17) is 9.47 Å². The Labute approximate surface area is 121 Å². The third-order valence-corrected chi connectivity index (χ3v) is 3.53. The second kappa shape index (κ2) is 7.62. The highest BCUT2D eigenvalue weighted by Gasteiger charge is 2.38. The summed E-state index contributed by atoms with van der Waals surface area (Å²) in [5, 5.41) is 2.86. The number of hydrogen-bond acceptors (Lipinski definition) is 4. The van der Waals surface area contributed by atoms with E-state index in [1.165, 1.54) is 0 Å². The lowest BCUT2D eigenvalue weighted by atomic mass is 9.80. The zero-order valence-corrected chi connectivity index (χ0v) is 13.0. The molecule has 0 aromatic rings. The minimum Gasteiger partial charge on any atom is -0.465 e. The molecule has 116 valence electrons. The van der Waals surface area contributed by atoms with Gasteiger partial charge in [-0.2, -0.15) is 0 Å². The monoisotopic (exact) mass is 285 g/mol. The zero-order chi connectivity index (χ0) is 15.2. The fraction of sp³-hybridized carbons (Fsp3) is 0.867. The molecule has 0 radical (unpaired) electrons. The molecule has 0 aliphatic carbocycles. The molecule has 1 fully saturated rings. The maximum absolute atomic E-state index is 12.2. The summed E-state index contributed by atoms with van der Waals surface area (Å²) in [4.78, 5) is 24.2. The van der Waals surface area contributed by atoms with Crippen LogP contribution in [-0.4, -0.2) is 38.2 Å². The first-order valence-corrected chi connectivity index (χ1v) is 7.38. The summed E-state index contributed by atoms with van der Waals surface area (Å²) in [5.41, 5.74) is -0.452. The largest absolute Gasteiger partial charge is 0.465 e. The Morgan fingerprint density at radius 3 is 2.60 bits per heavy atom. The molecule has 1 N–H and O–H groups in total. The first kappa shape index (κ1) is 17.0. The molecule has 1 aliphatic rings. The highest BCUT2D eigenvalue weighted by molar-refractivity contribution is 5.98. The quantitative estimate of drug-likeness (QED) is 0.596. The van der Waals surface area contributed by atoms with Crippen molar-refractivity contribution in [2.45, 2.75) is 40.5 Å². The number of nitrogens with one attached hydrogen (secondary N) is 1. The minimum atomic E-state index is -0.762. The molecule has 20 heavy (non-hydrogen) atoms. The van der Waals surface area contributed by atoms with Gasteiger partial charge in [0, 0.05) is 19.8 Å². The van der Waals surface area contributed by atoms with Crippen molar-refractivity contribution < 1.29 is 19.1 Å². The van der Waals surface area contributed by atoms with E-state index in [0.29, 0.717) is 12.5 Å². The number of amides is 1. The molecule has 2 atom stereocenters. The van der Waals surface area contributed by atoms with Gasteiger partial charge in [0.25, 0.3) is 0 Å². The first-order valence-electron chi connectivity index (χ1n) is 7.38. The number of hydrogen-bond donors (Lipinski definition) is 1. The van der Waals surface area contributed by atoms with Gasteiger partial charge in [0.2, 0.25) is 5.91 Å². The van der Waals surface area contributed by atoms with Gasteiger partial charge in [-0.1, -0.05) is 20.8 Å². The molecule has 0 spiro atoms. The number of carbonyl (C=O) groups is 2. The van der Waals surface area contributed by atoms with E-state index in [9.17, 15) is 9.59 Å². The summed E-state index contributed by atoms with van der Waals surface area (Å²) in [6, 6.07) is 0. The molecule has 1 amide bonds. The van der Waals surface area contributed by atoms with Gasteiger partial charge >= 0.3 is 5.97 Å². The Bertz CT molecular complexity index is 329. The van der Waals surface area contributed by atoms with E-state index in [1.54, 1.807) is 6.92 Å². The predicted octanol–water partition coefficient (Wildman–Crippen LogP) is 1.75. The Kier molecular flexibility index (Phi) is 6.46. The van der Waals surface area contributed by atoms with Crippen LogP contribution in [0.25, 0.3) is 0 Å². The van der Waals surface area contributed by atoms with Crippen LogP contribution in [0.4, 0.5) is 0 Å². The Morgan fingerprint density at radius 2 is 2.10 bits per heavy atom. The summed E-state index contributed by atoms with van der Waals surface area (Å²) in [7, 11) is 0. The number of ether oxygens (including phenoxy) is 2. The second-order valence-corrected chi connectivity index (χ2v) is 6.36. The summed E-state index contributed by atoms with van der Waals surface area (Å²) in [6.07, 6.45) is 1.95. The van der Waals surface area contributed by atoms with E-state index in [0.717, 1.165) is 26.1 Å². The van der Waals surface area contributed by atoms with Gasteiger partial charge in [-0.3, -0.25) is 9.59 Å². The van der Waals surface area contributed by atoms with Gasteiger partial charge < -0.3 is 14.8 Å². The molecule has 1 heterocycles. The van der Waals surface area contributed by atoms with E-state index in [2.05, 4.69) is 5.32 Å². The van der Waals surface area contributed by atoms with Crippen LogP contribution in [0.3, 0.4) is 0 Å². The molecule has 0 saturated carbocycles. The fourth-order valence-electron chi connectivity index (χ4n) is 2.39. The lowest BCUT2D eigenvalue weighted by Crippen LogP contribution is -2.44. The minimum absolute atomic E-state index is 0.241. The summed E-state index contributed by atoms with van der Waals surface area (Å²) in [6.45, 7) is 9.83. The third kappa shape index (κ3) is 5.12. The summed E-state index contributed by atoms with van der Waals surface area (Å²) in [5.74, 6) is -0.926. The van der Waals surface area contributed by atoms with Crippen LogP contribution in [0.1, 0.15) is 40.5 Å². The van der Waals surface area contributed by atoms with E-state index >= 15 is 0 Å². The molecule has 0 aromatic carbocycles. The molecule has 5 heteroatoms. The first-order chi connectivity index (χ1) is 9.36. The van der Waals surface area contributed by atoms with Crippen molar-refractivity contribution in [1.82, 2.24) is 5.32 Å². The molecular weight excluding hydrogens is 258 g/mol. The van der Waals surface area contributed by atoms with Crippen molar-refractivity contribution in [3.63, 3.8) is 0 Å². The number of rotatable bonds is 6. The lowest BCUT2D eigenvalue weighted by Gasteiger charge is -2.27. The van der Waals surface area contributed by atoms with Gasteiger partial charge in [-0.05, 0) is 31.1 Å². The zero-order valence-electron chi connectivity index (χ0n) is 13.0. The molecular formula is C15H27NO4. The fourth-order valence-corrected chi connectivity index (χ4v) is 2.39. The van der Waals surface area contributed by atoms with Crippen LogP contribution in [0, 0.1) is 17.3 Å². The van der Waals surface area contributed by atoms with Gasteiger partial charge in [0.15, 0.2) is 0 Å². The normalized spacial score (nSPS) is 20.5. The van der Waals surface area contributed by atoms with Crippen molar-refractivity contribution in [3.05, 3.63) is 0 Å². The maximum atomic E-state index is 12.2. The Morgan fingerprint density at radius 1 is 1.40 bits per heavy atom. The van der Waals surface area contributed by atoms with Gasteiger partial charge in [0.1, 0.15) is 5.92 Å². The summed E-state index contributed by atoms with van der Waals surface area (Å²) < 4.78 is 10.3. The van der Waals surface area contributed by atoms with Crippen molar-refractivity contribution in [3.8, 4) is 0 Å². The molecule has 1 saturated heterocycles. The SMILES string of the molecule is CCOC(=O)C(C(=O)NCCC1CCOC1)C(C)(C)C. The van der Waals surface area contributed by atoms with Gasteiger partial charge in [-0.25, -0.2) is 0 Å². The highest BCUT2D eigenvalue weighted by atomic mass is 16.5. The number of carbonyl (C=O) groups excluding carboxylic acids is 2. The van der Waals surface area contributed by atoms with E-state index in [1.807, 2.05) is 20.8 Å². The van der Waals surface area contributed by atoms with Crippen LogP contribution in [0.5, 0.6) is 0 Å². The van der Waals surface area contributed by atoms with E-state index in [-0.39, 0.29) is 12.5 Å². The Hall–Kier alpha value is -1.10.